The van der Waals surface area contributed by atoms with Crippen LogP contribution >= 0.6 is 0 Å². The topological polar surface area (TPSA) is 27.8 Å². The zero-order valence-corrected chi connectivity index (χ0v) is 12.4. The Balaban J connectivity index is 1.45. The van der Waals surface area contributed by atoms with Crippen molar-refractivity contribution in [2.45, 2.75) is 57.9 Å². The molecule has 2 N–H and O–H groups in total. The lowest BCUT2D eigenvalue weighted by molar-refractivity contribution is -0.0522. The van der Waals surface area contributed by atoms with Crippen LogP contribution in [-0.2, 0) is 19.4 Å². The van der Waals surface area contributed by atoms with E-state index in [0.717, 1.165) is 30.8 Å². The first-order chi connectivity index (χ1) is 9.80. The van der Waals surface area contributed by atoms with Crippen molar-refractivity contribution >= 4 is 0 Å². The minimum Gasteiger partial charge on any atom is -0.364 e. The third-order valence-electron chi connectivity index (χ3n) is 6.76. The molecule has 0 aromatic carbocycles. The van der Waals surface area contributed by atoms with E-state index in [4.69, 9.17) is 0 Å². The van der Waals surface area contributed by atoms with Gasteiger partial charge in [0, 0.05) is 31.4 Å². The Morgan fingerprint density at radius 2 is 1.75 bits per heavy atom. The smallest absolute Gasteiger partial charge is 0.0226 e. The molecule has 4 fully saturated rings. The lowest BCUT2D eigenvalue weighted by Crippen LogP contribution is -2.47. The number of fused-ring (bicyclic) bond motifs is 1. The molecule has 1 aromatic rings. The molecule has 0 unspecified atom stereocenters. The van der Waals surface area contributed by atoms with Crippen molar-refractivity contribution < 1.29 is 0 Å². The molecule has 20 heavy (non-hydrogen) atoms. The van der Waals surface area contributed by atoms with E-state index in [-0.39, 0.29) is 0 Å². The van der Waals surface area contributed by atoms with Crippen LogP contribution in [0.3, 0.4) is 0 Å². The van der Waals surface area contributed by atoms with Crippen LogP contribution < -0.4 is 5.32 Å². The second kappa shape index (κ2) is 4.13. The molecule has 5 aliphatic rings. The molecule has 1 aromatic heterocycles. The number of aromatic nitrogens is 1. The highest BCUT2D eigenvalue weighted by Gasteiger charge is 2.50. The van der Waals surface area contributed by atoms with Crippen molar-refractivity contribution in [1.82, 2.24) is 10.3 Å². The molecule has 0 saturated heterocycles. The Morgan fingerprint density at radius 1 is 1.05 bits per heavy atom. The fraction of sp³-hybridized carbons (Fsp3) is 0.778. The van der Waals surface area contributed by atoms with Crippen LogP contribution in [0.4, 0.5) is 0 Å². The molecule has 0 spiro atoms. The summed E-state index contributed by atoms with van der Waals surface area (Å²) in [7, 11) is 0. The Labute approximate surface area is 121 Å². The van der Waals surface area contributed by atoms with Crippen molar-refractivity contribution in [2.75, 3.05) is 6.54 Å². The second-order valence-corrected chi connectivity index (χ2v) is 8.29. The number of hydrogen-bond acceptors (Lipinski definition) is 1. The van der Waals surface area contributed by atoms with E-state index in [2.05, 4.69) is 16.5 Å². The first-order valence-corrected chi connectivity index (χ1v) is 8.68. The number of nitrogens with one attached hydrogen (secondary N) is 2. The molecule has 108 valence electrons. The fourth-order valence-electron chi connectivity index (χ4n) is 6.48. The van der Waals surface area contributed by atoms with Gasteiger partial charge in [0.2, 0.25) is 0 Å². The van der Waals surface area contributed by atoms with Gasteiger partial charge in [-0.2, -0.15) is 0 Å². The summed E-state index contributed by atoms with van der Waals surface area (Å²) in [5, 5.41) is 3.56. The quantitative estimate of drug-likeness (QED) is 0.847. The highest BCUT2D eigenvalue weighted by molar-refractivity contribution is 5.34. The van der Waals surface area contributed by atoms with Gasteiger partial charge >= 0.3 is 0 Å². The van der Waals surface area contributed by atoms with Crippen LogP contribution in [0.15, 0.2) is 6.20 Å². The molecule has 4 aliphatic carbocycles. The van der Waals surface area contributed by atoms with Crippen molar-refractivity contribution in [3.05, 3.63) is 23.0 Å². The standard InChI is InChI=1S/C18H26N2/c1-2-19-11-16-15(10-20-17(1)16)9-18-6-12-3-13(7-18)5-14(4-12)8-18/h10,12-14,19-20H,1-9,11H2. The molecule has 2 nitrogen and oxygen atoms in total. The van der Waals surface area contributed by atoms with E-state index < -0.39 is 0 Å². The van der Waals surface area contributed by atoms with Gasteiger partial charge in [0.25, 0.3) is 0 Å². The maximum atomic E-state index is 3.57. The van der Waals surface area contributed by atoms with E-state index in [1.165, 1.54) is 37.8 Å². The maximum Gasteiger partial charge on any atom is 0.0226 e. The monoisotopic (exact) mass is 270 g/mol. The summed E-state index contributed by atoms with van der Waals surface area (Å²) in [6, 6.07) is 0. The normalized spacial score (nSPS) is 41.9. The molecule has 0 radical (unpaired) electrons. The Hall–Kier alpha value is -0.760. The van der Waals surface area contributed by atoms with Gasteiger partial charge in [-0.1, -0.05) is 0 Å². The summed E-state index contributed by atoms with van der Waals surface area (Å²) < 4.78 is 0. The zero-order chi connectivity index (χ0) is 13.2. The van der Waals surface area contributed by atoms with Gasteiger partial charge in [-0.3, -0.25) is 0 Å². The summed E-state index contributed by atoms with van der Waals surface area (Å²) in [6.07, 6.45) is 14.2. The van der Waals surface area contributed by atoms with Crippen LogP contribution in [0.1, 0.15) is 55.3 Å². The first kappa shape index (κ1) is 11.9. The van der Waals surface area contributed by atoms with E-state index in [0.29, 0.717) is 5.41 Å². The first-order valence-electron chi connectivity index (χ1n) is 8.68. The zero-order valence-electron chi connectivity index (χ0n) is 12.4. The molecule has 4 saturated carbocycles. The Morgan fingerprint density at radius 3 is 2.45 bits per heavy atom. The third kappa shape index (κ3) is 1.73. The Bertz CT molecular complexity index is 492. The predicted octanol–water partition coefficient (Wildman–Crippen LogP) is 3.42. The van der Waals surface area contributed by atoms with Crippen molar-refractivity contribution in [3.8, 4) is 0 Å². The SMILES string of the molecule is c1[nH]c2c(c1CC13CC4CC(CC(C4)C1)C3)CNCC2. The number of hydrogen-bond donors (Lipinski definition) is 2. The minimum atomic E-state index is 0.683. The molecule has 0 amide bonds. The summed E-state index contributed by atoms with van der Waals surface area (Å²) in [5.74, 6) is 3.23. The molecule has 0 atom stereocenters. The van der Waals surface area contributed by atoms with E-state index in [9.17, 15) is 0 Å². The third-order valence-corrected chi connectivity index (χ3v) is 6.76. The fourth-order valence-corrected chi connectivity index (χ4v) is 6.48. The molecular weight excluding hydrogens is 244 g/mol. The maximum absolute atomic E-state index is 3.57. The number of H-pyrrole nitrogens is 1. The molecule has 1 aliphatic heterocycles. The molecule has 6 rings (SSSR count). The Kier molecular flexibility index (Phi) is 2.45. The van der Waals surface area contributed by atoms with Crippen LogP contribution in [0.2, 0.25) is 0 Å². The largest absolute Gasteiger partial charge is 0.364 e. The van der Waals surface area contributed by atoms with Gasteiger partial charge in [0.15, 0.2) is 0 Å². The van der Waals surface area contributed by atoms with Gasteiger partial charge < -0.3 is 10.3 Å². The second-order valence-electron chi connectivity index (χ2n) is 8.29. The molecule has 4 bridgehead atoms. The minimum absolute atomic E-state index is 0.683. The van der Waals surface area contributed by atoms with Crippen LogP contribution in [0.25, 0.3) is 0 Å². The van der Waals surface area contributed by atoms with Gasteiger partial charge in [-0.25, -0.2) is 0 Å². The summed E-state index contributed by atoms with van der Waals surface area (Å²) in [4.78, 5) is 3.57. The number of aromatic amines is 1. The van der Waals surface area contributed by atoms with Crippen LogP contribution in [0, 0.1) is 23.2 Å². The average molecular weight is 270 g/mol. The van der Waals surface area contributed by atoms with Crippen molar-refractivity contribution in [1.29, 1.82) is 0 Å². The average Bonchev–Trinajstić information content (AvgIpc) is 2.80. The highest BCUT2D eigenvalue weighted by Crippen LogP contribution is 2.61. The van der Waals surface area contributed by atoms with Crippen LogP contribution in [0.5, 0.6) is 0 Å². The molecule has 2 heterocycles. The summed E-state index contributed by atoms with van der Waals surface area (Å²) >= 11 is 0. The molecule has 2 heteroatoms. The lowest BCUT2D eigenvalue weighted by atomic mass is 9.48. The van der Waals surface area contributed by atoms with Gasteiger partial charge in [0.1, 0.15) is 0 Å². The molecular formula is C18H26N2. The van der Waals surface area contributed by atoms with E-state index in [1.807, 2.05) is 0 Å². The highest BCUT2D eigenvalue weighted by atomic mass is 14.9. The predicted molar refractivity (Wildman–Crippen MR) is 80.5 cm³/mol. The van der Waals surface area contributed by atoms with Crippen molar-refractivity contribution in [2.24, 2.45) is 23.2 Å². The number of rotatable bonds is 2. The van der Waals surface area contributed by atoms with Gasteiger partial charge in [0.05, 0.1) is 0 Å². The van der Waals surface area contributed by atoms with E-state index >= 15 is 0 Å². The summed E-state index contributed by atoms with van der Waals surface area (Å²) in [6.45, 7) is 2.24. The van der Waals surface area contributed by atoms with Gasteiger partial charge in [-0.15, -0.1) is 0 Å². The van der Waals surface area contributed by atoms with Gasteiger partial charge in [-0.05, 0) is 79.2 Å². The van der Waals surface area contributed by atoms with Crippen LogP contribution in [-0.4, -0.2) is 11.5 Å². The van der Waals surface area contributed by atoms with Crippen molar-refractivity contribution in [3.63, 3.8) is 0 Å². The summed E-state index contributed by atoms with van der Waals surface area (Å²) in [5.41, 5.74) is 5.46. The lowest BCUT2D eigenvalue weighted by Gasteiger charge is -2.57. The van der Waals surface area contributed by atoms with E-state index in [1.54, 1.807) is 30.4 Å².